The molecule has 0 N–H and O–H groups in total. The van der Waals surface area contributed by atoms with Gasteiger partial charge >= 0.3 is 0 Å². The van der Waals surface area contributed by atoms with Crippen LogP contribution in [0.5, 0.6) is 0 Å². The highest BCUT2D eigenvalue weighted by Gasteiger charge is 2.21. The molecule has 0 saturated carbocycles. The van der Waals surface area contributed by atoms with Gasteiger partial charge in [-0.3, -0.25) is 4.40 Å². The van der Waals surface area contributed by atoms with Crippen molar-refractivity contribution in [3.8, 4) is 16.8 Å². The minimum Gasteiger partial charge on any atom is -0.309 e. The molecule has 0 aliphatic heterocycles. The van der Waals surface area contributed by atoms with Gasteiger partial charge in [0.1, 0.15) is 4.83 Å². The van der Waals surface area contributed by atoms with Gasteiger partial charge in [-0.05, 0) is 59.7 Å². The number of hydrogen-bond acceptors (Lipinski definition) is 1. The van der Waals surface area contributed by atoms with Crippen molar-refractivity contribution in [3.05, 3.63) is 133 Å². The Hall–Kier alpha value is -5.12. The van der Waals surface area contributed by atoms with Crippen LogP contribution in [0.15, 0.2) is 133 Å². The lowest BCUT2D eigenvalue weighted by molar-refractivity contribution is 1.18. The standard InChI is InChI=1S/C38H22N2S/c1-2-9-25(10-3-1)39-32-15-6-4-11-26(32)30-21-23(17-19-33(30)39)24-18-20-34-31(22-24)27-13-8-14-29-36-28-12-5-7-16-35(28)41-38(36)40(34)37(27)29/h1-22H. The summed E-state index contributed by atoms with van der Waals surface area (Å²) in [7, 11) is 0. The Morgan fingerprint density at radius 1 is 0.439 bits per heavy atom. The average molecular weight is 539 g/mol. The first-order valence-electron chi connectivity index (χ1n) is 14.0. The van der Waals surface area contributed by atoms with Gasteiger partial charge in [-0.1, -0.05) is 84.9 Å². The molecule has 0 spiro atoms. The molecule has 0 fully saturated rings. The molecule has 3 heteroatoms. The van der Waals surface area contributed by atoms with Crippen molar-refractivity contribution in [2.45, 2.75) is 0 Å². The molecule has 10 aromatic rings. The summed E-state index contributed by atoms with van der Waals surface area (Å²) in [6.07, 6.45) is 0. The second-order valence-corrected chi connectivity index (χ2v) is 12.0. The van der Waals surface area contributed by atoms with E-state index >= 15 is 0 Å². The smallest absolute Gasteiger partial charge is 0.109 e. The molecule has 0 atom stereocenters. The van der Waals surface area contributed by atoms with Crippen LogP contribution in [0, 0.1) is 0 Å². The third-order valence-corrected chi connectivity index (χ3v) is 10.0. The Bertz CT molecular complexity index is 2630. The predicted octanol–water partition coefficient (Wildman–Crippen LogP) is 10.8. The maximum absolute atomic E-state index is 2.50. The van der Waals surface area contributed by atoms with E-state index in [1.165, 1.54) is 86.1 Å². The number of hydrogen-bond donors (Lipinski definition) is 0. The molecule has 0 radical (unpaired) electrons. The van der Waals surface area contributed by atoms with Gasteiger partial charge in [-0.2, -0.15) is 0 Å². The van der Waals surface area contributed by atoms with Crippen LogP contribution in [0.25, 0.3) is 86.1 Å². The molecule has 0 bridgehead atoms. The number of aromatic nitrogens is 2. The molecule has 0 saturated heterocycles. The van der Waals surface area contributed by atoms with Gasteiger partial charge in [0.15, 0.2) is 0 Å². The Labute approximate surface area is 239 Å². The summed E-state index contributed by atoms with van der Waals surface area (Å²) in [6, 6.07) is 49.0. The maximum Gasteiger partial charge on any atom is 0.109 e. The SMILES string of the molecule is c1ccc(-n2c3ccccc3c3cc(-c4ccc5c(c4)c4cccc6c7c8ccccc8sc7n5c46)ccc32)cc1. The van der Waals surface area contributed by atoms with Crippen molar-refractivity contribution in [2.75, 3.05) is 0 Å². The summed E-state index contributed by atoms with van der Waals surface area (Å²) in [4.78, 5) is 1.34. The van der Waals surface area contributed by atoms with Crippen LogP contribution in [0.1, 0.15) is 0 Å². The lowest BCUT2D eigenvalue weighted by Crippen LogP contribution is -1.92. The van der Waals surface area contributed by atoms with E-state index in [4.69, 9.17) is 0 Å². The molecule has 0 unspecified atom stereocenters. The van der Waals surface area contributed by atoms with Gasteiger partial charge in [-0.15, -0.1) is 11.3 Å². The van der Waals surface area contributed by atoms with E-state index in [0.717, 1.165) is 0 Å². The molecule has 10 rings (SSSR count). The van der Waals surface area contributed by atoms with E-state index in [9.17, 15) is 0 Å². The van der Waals surface area contributed by atoms with E-state index in [0.29, 0.717) is 0 Å². The zero-order chi connectivity index (χ0) is 26.7. The fraction of sp³-hybridized carbons (Fsp3) is 0. The first-order chi connectivity index (χ1) is 20.3. The molecule has 4 aromatic heterocycles. The van der Waals surface area contributed by atoms with Crippen LogP contribution in [-0.2, 0) is 0 Å². The molecule has 0 aliphatic rings. The largest absolute Gasteiger partial charge is 0.309 e. The monoisotopic (exact) mass is 538 g/mol. The van der Waals surface area contributed by atoms with Crippen LogP contribution in [0.2, 0.25) is 0 Å². The van der Waals surface area contributed by atoms with Crippen molar-refractivity contribution in [2.24, 2.45) is 0 Å². The Morgan fingerprint density at radius 3 is 1.93 bits per heavy atom. The number of fused-ring (bicyclic) bond motifs is 11. The Morgan fingerprint density at radius 2 is 1.07 bits per heavy atom. The molecule has 0 aliphatic carbocycles. The summed E-state index contributed by atoms with van der Waals surface area (Å²) < 4.78 is 6.23. The Balaban J connectivity index is 1.23. The number of benzene rings is 6. The van der Waals surface area contributed by atoms with Gasteiger partial charge in [-0.25, -0.2) is 0 Å². The summed E-state index contributed by atoms with van der Waals surface area (Å²) in [5, 5.41) is 9.30. The van der Waals surface area contributed by atoms with Gasteiger partial charge in [0.05, 0.1) is 22.1 Å². The third kappa shape index (κ3) is 2.76. The quantitative estimate of drug-likeness (QED) is 0.207. The van der Waals surface area contributed by atoms with Gasteiger partial charge in [0.2, 0.25) is 0 Å². The third-order valence-electron chi connectivity index (χ3n) is 8.86. The normalized spacial score (nSPS) is 12.4. The lowest BCUT2D eigenvalue weighted by atomic mass is 10.00. The minimum absolute atomic E-state index is 1.19. The van der Waals surface area contributed by atoms with Crippen LogP contribution in [-0.4, -0.2) is 8.97 Å². The highest BCUT2D eigenvalue weighted by Crippen LogP contribution is 2.46. The molecular formula is C38H22N2S. The van der Waals surface area contributed by atoms with E-state index < -0.39 is 0 Å². The average Bonchev–Trinajstić information content (AvgIpc) is 3.75. The van der Waals surface area contributed by atoms with E-state index in [-0.39, 0.29) is 0 Å². The number of para-hydroxylation sites is 3. The van der Waals surface area contributed by atoms with Crippen LogP contribution in [0.4, 0.5) is 0 Å². The number of nitrogens with zero attached hydrogens (tertiary/aromatic N) is 2. The van der Waals surface area contributed by atoms with Crippen molar-refractivity contribution in [3.63, 3.8) is 0 Å². The highest BCUT2D eigenvalue weighted by molar-refractivity contribution is 7.25. The van der Waals surface area contributed by atoms with Gasteiger partial charge in [0, 0.05) is 48.1 Å². The maximum atomic E-state index is 2.50. The van der Waals surface area contributed by atoms with Gasteiger partial charge < -0.3 is 4.57 Å². The number of thiophene rings is 1. The number of rotatable bonds is 2. The van der Waals surface area contributed by atoms with E-state index in [1.807, 2.05) is 11.3 Å². The zero-order valence-electron chi connectivity index (χ0n) is 22.0. The first-order valence-corrected chi connectivity index (χ1v) is 14.9. The molecule has 41 heavy (non-hydrogen) atoms. The summed E-state index contributed by atoms with van der Waals surface area (Å²) in [5.41, 5.74) is 8.76. The second-order valence-electron chi connectivity index (χ2n) is 11.0. The minimum atomic E-state index is 1.19. The fourth-order valence-corrected chi connectivity index (χ4v) is 8.36. The van der Waals surface area contributed by atoms with E-state index in [2.05, 4.69) is 142 Å². The van der Waals surface area contributed by atoms with Crippen molar-refractivity contribution in [1.82, 2.24) is 8.97 Å². The highest BCUT2D eigenvalue weighted by atomic mass is 32.1. The van der Waals surface area contributed by atoms with Crippen molar-refractivity contribution < 1.29 is 0 Å². The van der Waals surface area contributed by atoms with Gasteiger partial charge in [0.25, 0.3) is 0 Å². The van der Waals surface area contributed by atoms with Crippen LogP contribution >= 0.6 is 11.3 Å². The topological polar surface area (TPSA) is 9.34 Å². The molecule has 0 amide bonds. The summed E-state index contributed by atoms with van der Waals surface area (Å²) in [6.45, 7) is 0. The molecule has 190 valence electrons. The zero-order valence-corrected chi connectivity index (χ0v) is 22.8. The Kier molecular flexibility index (Phi) is 4.10. The second kappa shape index (κ2) is 7.75. The first kappa shape index (κ1) is 21.7. The summed E-state index contributed by atoms with van der Waals surface area (Å²) >= 11 is 1.90. The van der Waals surface area contributed by atoms with E-state index in [1.54, 1.807) is 0 Å². The van der Waals surface area contributed by atoms with Crippen molar-refractivity contribution >= 4 is 80.6 Å². The summed E-state index contributed by atoms with van der Waals surface area (Å²) in [5.74, 6) is 0. The molecule has 6 aromatic carbocycles. The molecule has 2 nitrogen and oxygen atoms in total. The molecule has 4 heterocycles. The van der Waals surface area contributed by atoms with Crippen molar-refractivity contribution in [1.29, 1.82) is 0 Å². The lowest BCUT2D eigenvalue weighted by Gasteiger charge is -2.08. The fourth-order valence-electron chi connectivity index (χ4n) is 7.12. The van der Waals surface area contributed by atoms with Crippen LogP contribution in [0.3, 0.4) is 0 Å². The predicted molar refractivity (Wildman–Crippen MR) is 176 cm³/mol. The van der Waals surface area contributed by atoms with Crippen LogP contribution < -0.4 is 0 Å². The molecular weight excluding hydrogens is 516 g/mol.